The fourth-order valence-electron chi connectivity index (χ4n) is 3.15. The summed E-state index contributed by atoms with van der Waals surface area (Å²) in [6.45, 7) is 2.05. The second-order valence-electron chi connectivity index (χ2n) is 6.27. The van der Waals surface area contributed by atoms with Crippen molar-refractivity contribution in [2.75, 3.05) is 19.8 Å². The maximum Gasteiger partial charge on any atom is 0.319 e. The lowest BCUT2D eigenvalue weighted by Crippen LogP contribution is -2.46. The number of ether oxygens (including phenoxy) is 1. The molecule has 1 saturated carbocycles. The smallest absolute Gasteiger partial charge is 0.319 e. The van der Waals surface area contributed by atoms with Gasteiger partial charge in [-0.3, -0.25) is 4.79 Å². The Morgan fingerprint density at radius 2 is 2.08 bits per heavy atom. The molecule has 26 heavy (non-hydrogen) atoms. The molecule has 1 aromatic rings. The van der Waals surface area contributed by atoms with E-state index in [1.807, 2.05) is 0 Å². The van der Waals surface area contributed by atoms with Crippen LogP contribution in [0, 0.1) is 5.92 Å². The molecule has 0 aromatic carbocycles. The van der Waals surface area contributed by atoms with Crippen LogP contribution in [0.1, 0.15) is 32.6 Å². The predicted molar refractivity (Wildman–Crippen MR) is 101 cm³/mol. The highest BCUT2D eigenvalue weighted by Crippen LogP contribution is 2.29. The summed E-state index contributed by atoms with van der Waals surface area (Å²) in [7, 11) is -3.69. The van der Waals surface area contributed by atoms with Crippen LogP contribution in [0.5, 0.6) is 0 Å². The lowest BCUT2D eigenvalue weighted by atomic mass is 9.82. The number of carbonyl (C=O) groups excluding carboxylic acids is 1. The van der Waals surface area contributed by atoms with Crippen molar-refractivity contribution < 1.29 is 23.1 Å². The molecular weight excluding hydrogens is 400 g/mol. The summed E-state index contributed by atoms with van der Waals surface area (Å²) in [5.74, 6) is -0.226. The molecule has 0 amide bonds. The number of sulfonamides is 1. The van der Waals surface area contributed by atoms with E-state index in [1.54, 1.807) is 6.92 Å². The maximum atomic E-state index is 12.4. The van der Waals surface area contributed by atoms with Crippen LogP contribution in [-0.2, 0) is 19.6 Å². The van der Waals surface area contributed by atoms with Gasteiger partial charge in [0.2, 0.25) is 10.0 Å². The van der Waals surface area contributed by atoms with E-state index in [1.165, 1.54) is 12.1 Å². The van der Waals surface area contributed by atoms with Crippen LogP contribution < -0.4 is 10.0 Å². The highest BCUT2D eigenvalue weighted by molar-refractivity contribution is 7.91. The fourth-order valence-corrected chi connectivity index (χ4v) is 5.94. The topological polar surface area (TPSA) is 105 Å². The Morgan fingerprint density at radius 3 is 2.62 bits per heavy atom. The zero-order chi connectivity index (χ0) is 19.2. The Labute approximate surface area is 163 Å². The second-order valence-corrected chi connectivity index (χ2v) is 9.92. The van der Waals surface area contributed by atoms with Gasteiger partial charge in [0.05, 0.1) is 24.1 Å². The van der Waals surface area contributed by atoms with Crippen molar-refractivity contribution >= 4 is 38.9 Å². The predicted octanol–water partition coefficient (Wildman–Crippen LogP) is 1.75. The summed E-state index contributed by atoms with van der Waals surface area (Å²) in [6, 6.07) is 2.66. The van der Waals surface area contributed by atoms with Crippen molar-refractivity contribution in [3.8, 4) is 0 Å². The summed E-state index contributed by atoms with van der Waals surface area (Å²) in [6.07, 6.45) is 3.15. The van der Waals surface area contributed by atoms with E-state index in [-0.39, 0.29) is 35.3 Å². The number of aliphatic hydroxyl groups is 1. The standard InChI is InChI=1S/C16H25ClN2O5S2/c1-2-24-15(21)9-18-12-5-3-11(4-6-12)13(10-20)19-26(22,23)16-8-7-14(17)25-16/h7-8,11-13,18-20H,2-6,9-10H2,1H3/t11?,12?,13-/m1/s1. The summed E-state index contributed by atoms with van der Waals surface area (Å²) in [5, 5.41) is 12.8. The lowest BCUT2D eigenvalue weighted by molar-refractivity contribution is -0.142. The first-order valence-electron chi connectivity index (χ1n) is 8.63. The molecule has 7 nitrogen and oxygen atoms in total. The van der Waals surface area contributed by atoms with Crippen LogP contribution in [0.4, 0.5) is 0 Å². The largest absolute Gasteiger partial charge is 0.465 e. The Kier molecular flexibility index (Phi) is 8.31. The minimum absolute atomic E-state index is 0.0471. The number of carbonyl (C=O) groups is 1. The summed E-state index contributed by atoms with van der Waals surface area (Å²) in [4.78, 5) is 11.4. The lowest BCUT2D eigenvalue weighted by Gasteiger charge is -2.33. The van der Waals surface area contributed by atoms with Gasteiger partial charge in [-0.1, -0.05) is 11.6 Å². The monoisotopic (exact) mass is 424 g/mol. The van der Waals surface area contributed by atoms with Crippen molar-refractivity contribution in [2.24, 2.45) is 5.92 Å². The molecule has 1 atom stereocenters. The number of hydrogen-bond acceptors (Lipinski definition) is 7. The molecular formula is C16H25ClN2O5S2. The number of rotatable bonds is 9. The molecule has 1 aliphatic carbocycles. The van der Waals surface area contributed by atoms with Crippen molar-refractivity contribution in [3.05, 3.63) is 16.5 Å². The molecule has 0 spiro atoms. The van der Waals surface area contributed by atoms with Gasteiger partial charge in [0.1, 0.15) is 4.21 Å². The maximum absolute atomic E-state index is 12.4. The molecule has 0 radical (unpaired) electrons. The normalized spacial score (nSPS) is 22.1. The zero-order valence-corrected chi connectivity index (χ0v) is 17.0. The molecule has 0 aliphatic heterocycles. The fraction of sp³-hybridized carbons (Fsp3) is 0.688. The number of halogens is 1. The molecule has 0 unspecified atom stereocenters. The van der Waals surface area contributed by atoms with Gasteiger partial charge in [-0.25, -0.2) is 13.1 Å². The number of hydrogen-bond donors (Lipinski definition) is 3. The molecule has 3 N–H and O–H groups in total. The zero-order valence-electron chi connectivity index (χ0n) is 14.6. The van der Waals surface area contributed by atoms with Crippen LogP contribution in [0.25, 0.3) is 0 Å². The summed E-state index contributed by atoms with van der Waals surface area (Å²) in [5.41, 5.74) is 0. The summed E-state index contributed by atoms with van der Waals surface area (Å²) >= 11 is 6.80. The minimum Gasteiger partial charge on any atom is -0.465 e. The van der Waals surface area contributed by atoms with Gasteiger partial charge in [-0.15, -0.1) is 11.3 Å². The van der Waals surface area contributed by atoms with E-state index < -0.39 is 16.1 Å². The quantitative estimate of drug-likeness (QED) is 0.521. The Hall–Kier alpha value is -0.710. The first kappa shape index (κ1) is 21.6. The Morgan fingerprint density at radius 1 is 1.38 bits per heavy atom. The van der Waals surface area contributed by atoms with Gasteiger partial charge in [0, 0.05) is 12.1 Å². The molecule has 1 fully saturated rings. The van der Waals surface area contributed by atoms with Gasteiger partial charge in [-0.05, 0) is 50.7 Å². The third-order valence-corrected chi connectivity index (χ3v) is 7.71. The van der Waals surface area contributed by atoms with Gasteiger partial charge in [0.25, 0.3) is 0 Å². The molecule has 10 heteroatoms. The molecule has 1 aliphatic rings. The van der Waals surface area contributed by atoms with Crippen molar-refractivity contribution in [1.29, 1.82) is 0 Å². The van der Waals surface area contributed by atoms with Gasteiger partial charge in [0.15, 0.2) is 0 Å². The minimum atomic E-state index is -3.69. The van der Waals surface area contributed by atoms with E-state index in [4.69, 9.17) is 16.3 Å². The van der Waals surface area contributed by atoms with Gasteiger partial charge >= 0.3 is 5.97 Å². The molecule has 148 valence electrons. The third kappa shape index (κ3) is 6.17. The van der Waals surface area contributed by atoms with Crippen molar-refractivity contribution in [1.82, 2.24) is 10.0 Å². The van der Waals surface area contributed by atoms with Crippen molar-refractivity contribution in [3.63, 3.8) is 0 Å². The van der Waals surface area contributed by atoms with Gasteiger partial charge < -0.3 is 15.2 Å². The molecule has 0 saturated heterocycles. The van der Waals surface area contributed by atoms with Crippen LogP contribution in [-0.4, -0.2) is 51.3 Å². The van der Waals surface area contributed by atoms with Crippen LogP contribution in [0.15, 0.2) is 16.3 Å². The number of nitrogens with one attached hydrogen (secondary N) is 2. The summed E-state index contributed by atoms with van der Waals surface area (Å²) < 4.78 is 32.9. The third-order valence-electron chi connectivity index (χ3n) is 4.50. The molecule has 2 rings (SSSR count). The SMILES string of the molecule is CCOC(=O)CNC1CCC([C@@H](CO)NS(=O)(=O)c2ccc(Cl)s2)CC1. The highest BCUT2D eigenvalue weighted by Gasteiger charge is 2.31. The first-order valence-corrected chi connectivity index (χ1v) is 11.3. The number of esters is 1. The van der Waals surface area contributed by atoms with Crippen LogP contribution >= 0.6 is 22.9 Å². The first-order chi connectivity index (χ1) is 12.4. The highest BCUT2D eigenvalue weighted by atomic mass is 35.5. The second kappa shape index (κ2) is 10.0. The average molecular weight is 425 g/mol. The van der Waals surface area contributed by atoms with E-state index in [9.17, 15) is 18.3 Å². The van der Waals surface area contributed by atoms with Crippen LogP contribution in [0.2, 0.25) is 4.34 Å². The van der Waals surface area contributed by atoms with E-state index in [2.05, 4.69) is 10.0 Å². The van der Waals surface area contributed by atoms with Crippen molar-refractivity contribution in [2.45, 2.75) is 48.9 Å². The van der Waals surface area contributed by atoms with Gasteiger partial charge in [-0.2, -0.15) is 0 Å². The molecule has 1 heterocycles. The number of thiophene rings is 1. The van der Waals surface area contributed by atoms with E-state index in [0.29, 0.717) is 10.9 Å². The Balaban J connectivity index is 1.85. The Bertz CT molecular complexity index is 687. The van der Waals surface area contributed by atoms with E-state index in [0.717, 1.165) is 37.0 Å². The van der Waals surface area contributed by atoms with E-state index >= 15 is 0 Å². The molecule has 1 aromatic heterocycles. The average Bonchev–Trinajstić information content (AvgIpc) is 3.06. The number of aliphatic hydroxyl groups excluding tert-OH is 1. The van der Waals surface area contributed by atoms with Crippen LogP contribution in [0.3, 0.4) is 0 Å². The molecule has 0 bridgehead atoms.